The van der Waals surface area contributed by atoms with Crippen LogP contribution in [0.2, 0.25) is 0 Å². The molecule has 0 atom stereocenters. The van der Waals surface area contributed by atoms with Crippen LogP contribution in [0, 0.1) is 5.82 Å². The minimum Gasteiger partial charge on any atom is -0.508 e. The smallest absolute Gasteiger partial charge is 0.262 e. The highest BCUT2D eigenvalue weighted by molar-refractivity contribution is 5.83. The Hall–Kier alpha value is -2.90. The lowest BCUT2D eigenvalue weighted by Gasteiger charge is -2.24. The van der Waals surface area contributed by atoms with Gasteiger partial charge in [-0.25, -0.2) is 4.39 Å². The standard InChI is InChI=1S/C21H19FN2O4/c22-18-12-15(24-7-5-14-11-16(25)2-3-17(14)20(24)26)1-4-19(18)23-8-6-21(13-23)27-9-10-28-21/h1-5,7,11-12,25H,6,8-10,13H2. The van der Waals surface area contributed by atoms with Crippen molar-refractivity contribution in [1.29, 1.82) is 0 Å². The third kappa shape index (κ3) is 2.75. The number of ether oxygens (including phenoxy) is 2. The summed E-state index contributed by atoms with van der Waals surface area (Å²) in [4.78, 5) is 14.7. The zero-order chi connectivity index (χ0) is 19.3. The number of aromatic nitrogens is 1. The predicted octanol–water partition coefficient (Wildman–Crippen LogP) is 2.79. The van der Waals surface area contributed by atoms with Crippen molar-refractivity contribution < 1.29 is 19.0 Å². The van der Waals surface area contributed by atoms with Gasteiger partial charge in [0.1, 0.15) is 11.6 Å². The zero-order valence-corrected chi connectivity index (χ0v) is 15.1. The third-order valence-corrected chi connectivity index (χ3v) is 5.45. The van der Waals surface area contributed by atoms with Gasteiger partial charge in [0.15, 0.2) is 5.79 Å². The molecule has 0 saturated carbocycles. The van der Waals surface area contributed by atoms with Gasteiger partial charge in [0, 0.05) is 30.6 Å². The average Bonchev–Trinajstić information content (AvgIpc) is 3.32. The summed E-state index contributed by atoms with van der Waals surface area (Å²) in [6.07, 6.45) is 2.29. The van der Waals surface area contributed by atoms with Gasteiger partial charge in [-0.15, -0.1) is 0 Å². The molecular formula is C21H19FN2O4. The molecule has 2 aromatic carbocycles. The SMILES string of the molecule is O=c1c2ccc(O)cc2ccn1-c1ccc(N2CCC3(C2)OCCO3)c(F)c1. The lowest BCUT2D eigenvalue weighted by molar-refractivity contribution is -0.137. The minimum atomic E-state index is -0.619. The van der Waals surface area contributed by atoms with Crippen molar-refractivity contribution in [3.63, 3.8) is 0 Å². The molecule has 2 fully saturated rings. The predicted molar refractivity (Wildman–Crippen MR) is 103 cm³/mol. The largest absolute Gasteiger partial charge is 0.508 e. The molecule has 0 unspecified atom stereocenters. The van der Waals surface area contributed by atoms with Crippen LogP contribution in [-0.4, -0.2) is 41.8 Å². The molecule has 3 aromatic rings. The summed E-state index contributed by atoms with van der Waals surface area (Å²) in [6, 6.07) is 11.1. The fraction of sp³-hybridized carbons (Fsp3) is 0.286. The second-order valence-corrected chi connectivity index (χ2v) is 7.18. The first-order valence-corrected chi connectivity index (χ1v) is 9.22. The lowest BCUT2D eigenvalue weighted by Crippen LogP contribution is -2.34. The lowest BCUT2D eigenvalue weighted by atomic mass is 10.1. The number of nitrogens with zero attached hydrogens (tertiary/aromatic N) is 2. The number of rotatable bonds is 2. The first-order chi connectivity index (χ1) is 13.5. The number of hydrogen-bond acceptors (Lipinski definition) is 5. The number of benzene rings is 2. The van der Waals surface area contributed by atoms with Crippen molar-refractivity contribution >= 4 is 16.5 Å². The molecule has 0 aliphatic carbocycles. The topological polar surface area (TPSA) is 63.9 Å². The number of pyridine rings is 1. The molecule has 7 heteroatoms. The molecule has 2 saturated heterocycles. The summed E-state index contributed by atoms with van der Waals surface area (Å²) in [5, 5.41) is 10.7. The van der Waals surface area contributed by atoms with E-state index in [1.807, 2.05) is 4.90 Å². The second-order valence-electron chi connectivity index (χ2n) is 7.18. The quantitative estimate of drug-likeness (QED) is 0.739. The number of phenols is 1. The molecule has 1 N–H and O–H groups in total. The van der Waals surface area contributed by atoms with Crippen LogP contribution in [0.15, 0.2) is 53.5 Å². The Bertz CT molecular complexity index is 1120. The molecule has 5 rings (SSSR count). The van der Waals surface area contributed by atoms with E-state index in [-0.39, 0.29) is 11.3 Å². The molecule has 3 heterocycles. The fourth-order valence-corrected chi connectivity index (χ4v) is 4.03. The summed E-state index contributed by atoms with van der Waals surface area (Å²) < 4.78 is 27.7. The molecule has 0 radical (unpaired) electrons. The van der Waals surface area contributed by atoms with E-state index in [9.17, 15) is 14.3 Å². The van der Waals surface area contributed by atoms with Crippen molar-refractivity contribution in [2.45, 2.75) is 12.2 Å². The summed E-state index contributed by atoms with van der Waals surface area (Å²) in [7, 11) is 0. The Morgan fingerprint density at radius 3 is 2.68 bits per heavy atom. The van der Waals surface area contributed by atoms with Gasteiger partial charge in [-0.3, -0.25) is 9.36 Å². The van der Waals surface area contributed by atoms with Crippen LogP contribution in [0.25, 0.3) is 16.5 Å². The summed E-state index contributed by atoms with van der Waals surface area (Å²) >= 11 is 0. The van der Waals surface area contributed by atoms with Crippen molar-refractivity contribution in [3.8, 4) is 11.4 Å². The fourth-order valence-electron chi connectivity index (χ4n) is 4.03. The van der Waals surface area contributed by atoms with Crippen molar-refractivity contribution in [2.75, 3.05) is 31.2 Å². The summed E-state index contributed by atoms with van der Waals surface area (Å²) in [5.41, 5.74) is 0.652. The highest BCUT2D eigenvalue weighted by Crippen LogP contribution is 2.34. The van der Waals surface area contributed by atoms with Crippen LogP contribution in [0.5, 0.6) is 5.75 Å². The van der Waals surface area contributed by atoms with E-state index < -0.39 is 11.6 Å². The molecule has 2 aliphatic heterocycles. The molecule has 0 amide bonds. The van der Waals surface area contributed by atoms with Crippen LogP contribution in [0.4, 0.5) is 10.1 Å². The summed E-state index contributed by atoms with van der Waals surface area (Å²) in [5.74, 6) is -0.921. The van der Waals surface area contributed by atoms with Crippen LogP contribution < -0.4 is 10.5 Å². The molecule has 1 aromatic heterocycles. The van der Waals surface area contributed by atoms with E-state index in [2.05, 4.69) is 0 Å². The van der Waals surface area contributed by atoms with E-state index in [1.165, 1.54) is 22.8 Å². The first-order valence-electron chi connectivity index (χ1n) is 9.22. The maximum absolute atomic E-state index is 14.9. The average molecular weight is 382 g/mol. The third-order valence-electron chi connectivity index (χ3n) is 5.45. The Balaban J connectivity index is 1.49. The number of hydrogen-bond donors (Lipinski definition) is 1. The van der Waals surface area contributed by atoms with Crippen LogP contribution in [-0.2, 0) is 9.47 Å². The van der Waals surface area contributed by atoms with Crippen LogP contribution in [0.1, 0.15) is 6.42 Å². The number of phenolic OH excluding ortho intramolecular Hbond substituents is 1. The van der Waals surface area contributed by atoms with Crippen LogP contribution in [0.3, 0.4) is 0 Å². The van der Waals surface area contributed by atoms with Gasteiger partial charge in [-0.05, 0) is 41.8 Å². The van der Waals surface area contributed by atoms with E-state index in [0.29, 0.717) is 54.9 Å². The maximum atomic E-state index is 14.9. The summed E-state index contributed by atoms with van der Waals surface area (Å²) in [6.45, 7) is 2.27. The molecular weight excluding hydrogens is 363 g/mol. The van der Waals surface area contributed by atoms with Crippen LogP contribution >= 0.6 is 0 Å². The minimum absolute atomic E-state index is 0.0960. The Morgan fingerprint density at radius 2 is 1.89 bits per heavy atom. The first kappa shape index (κ1) is 17.2. The van der Waals surface area contributed by atoms with Gasteiger partial charge in [0.05, 0.1) is 31.1 Å². The van der Waals surface area contributed by atoms with Gasteiger partial charge >= 0.3 is 0 Å². The number of halogens is 1. The number of aromatic hydroxyl groups is 1. The molecule has 2 aliphatic rings. The van der Waals surface area contributed by atoms with Crippen molar-refractivity contribution in [2.24, 2.45) is 0 Å². The van der Waals surface area contributed by atoms with Gasteiger partial charge in [-0.2, -0.15) is 0 Å². The molecule has 6 nitrogen and oxygen atoms in total. The molecule has 0 bridgehead atoms. The highest BCUT2D eigenvalue weighted by atomic mass is 19.1. The second kappa shape index (κ2) is 6.32. The van der Waals surface area contributed by atoms with Gasteiger partial charge < -0.3 is 19.5 Å². The maximum Gasteiger partial charge on any atom is 0.262 e. The Labute approximate surface area is 160 Å². The molecule has 144 valence electrons. The number of fused-ring (bicyclic) bond motifs is 1. The Morgan fingerprint density at radius 1 is 1.07 bits per heavy atom. The zero-order valence-electron chi connectivity index (χ0n) is 15.1. The monoisotopic (exact) mass is 382 g/mol. The highest BCUT2D eigenvalue weighted by Gasteiger charge is 2.43. The van der Waals surface area contributed by atoms with Gasteiger partial charge in [0.2, 0.25) is 0 Å². The van der Waals surface area contributed by atoms with Gasteiger partial charge in [0.25, 0.3) is 5.56 Å². The van der Waals surface area contributed by atoms with E-state index >= 15 is 0 Å². The molecule has 1 spiro atoms. The normalized spacial score (nSPS) is 18.4. The van der Waals surface area contributed by atoms with Gasteiger partial charge in [-0.1, -0.05) is 0 Å². The molecule has 28 heavy (non-hydrogen) atoms. The Kier molecular flexibility index (Phi) is 3.89. The van der Waals surface area contributed by atoms with E-state index in [1.54, 1.807) is 30.5 Å². The number of anilines is 1. The van der Waals surface area contributed by atoms with E-state index in [0.717, 1.165) is 0 Å². The van der Waals surface area contributed by atoms with Crippen molar-refractivity contribution in [3.05, 3.63) is 64.8 Å². The van der Waals surface area contributed by atoms with E-state index in [4.69, 9.17) is 9.47 Å². The van der Waals surface area contributed by atoms with Crippen molar-refractivity contribution in [1.82, 2.24) is 4.57 Å².